The highest BCUT2D eigenvalue weighted by atomic mass is 16.2. The lowest BCUT2D eigenvalue weighted by Gasteiger charge is -2.06. The second kappa shape index (κ2) is 4.94. The topological polar surface area (TPSA) is 87.6 Å². The van der Waals surface area contributed by atoms with Crippen molar-refractivity contribution < 1.29 is 0 Å². The Labute approximate surface area is 102 Å². The average Bonchev–Trinajstić information content (AvgIpc) is 2.74. The minimum atomic E-state index is -0.361. The Kier molecular flexibility index (Phi) is 3.35. The Morgan fingerprint density at radius 2 is 2.11 bits per heavy atom. The van der Waals surface area contributed by atoms with E-state index in [2.05, 4.69) is 15.4 Å². The zero-order chi connectivity index (χ0) is 13.1. The molecular weight excluding hydrogens is 236 g/mol. The van der Waals surface area contributed by atoms with Gasteiger partial charge in [-0.3, -0.25) is 9.36 Å². The molecule has 0 unspecified atom stereocenters. The van der Waals surface area contributed by atoms with Crippen LogP contribution >= 0.6 is 0 Å². The molecule has 18 heavy (non-hydrogen) atoms. The van der Waals surface area contributed by atoms with Crippen molar-refractivity contribution in [3.63, 3.8) is 0 Å². The van der Waals surface area contributed by atoms with Gasteiger partial charge in [-0.2, -0.15) is 4.80 Å². The van der Waals surface area contributed by atoms with E-state index in [1.165, 1.54) is 21.6 Å². The van der Waals surface area contributed by atoms with Gasteiger partial charge in [0, 0.05) is 18.8 Å². The maximum absolute atomic E-state index is 12.0. The molecule has 0 atom stereocenters. The summed E-state index contributed by atoms with van der Waals surface area (Å²) in [6.45, 7) is 2.58. The highest BCUT2D eigenvalue weighted by molar-refractivity contribution is 4.90. The molecule has 2 rings (SSSR count). The molecule has 0 N–H and O–H groups in total. The standard InChI is InChI=1S/C10H14N6O2/c1-3-5-15-6-4-9(17)16(10(15)18)7-8-11-13-14(2)12-8/h4,6H,3,5,7H2,1-2H3. The van der Waals surface area contributed by atoms with Gasteiger partial charge in [0.1, 0.15) is 0 Å². The third-order valence-corrected chi connectivity index (χ3v) is 2.45. The first-order valence-corrected chi connectivity index (χ1v) is 5.65. The van der Waals surface area contributed by atoms with Gasteiger partial charge < -0.3 is 4.57 Å². The van der Waals surface area contributed by atoms with E-state index in [1.807, 2.05) is 6.92 Å². The molecule has 0 amide bonds. The van der Waals surface area contributed by atoms with Gasteiger partial charge in [-0.25, -0.2) is 4.79 Å². The molecule has 0 aliphatic heterocycles. The van der Waals surface area contributed by atoms with Crippen LogP contribution < -0.4 is 11.2 Å². The van der Waals surface area contributed by atoms with Gasteiger partial charge in [0.2, 0.25) is 0 Å². The zero-order valence-electron chi connectivity index (χ0n) is 10.3. The first-order chi connectivity index (χ1) is 8.61. The van der Waals surface area contributed by atoms with Crippen molar-refractivity contribution in [2.75, 3.05) is 0 Å². The monoisotopic (exact) mass is 250 g/mol. The molecule has 0 radical (unpaired) electrons. The van der Waals surface area contributed by atoms with E-state index >= 15 is 0 Å². The summed E-state index contributed by atoms with van der Waals surface area (Å²) in [6.07, 6.45) is 2.33. The van der Waals surface area contributed by atoms with E-state index < -0.39 is 0 Å². The van der Waals surface area contributed by atoms with Crippen LogP contribution in [0.4, 0.5) is 0 Å². The molecule has 0 fully saturated rings. The first-order valence-electron chi connectivity index (χ1n) is 5.65. The fourth-order valence-electron chi connectivity index (χ4n) is 1.64. The zero-order valence-corrected chi connectivity index (χ0v) is 10.3. The molecular formula is C10H14N6O2. The first kappa shape index (κ1) is 12.2. The fraction of sp³-hybridized carbons (Fsp3) is 0.500. The van der Waals surface area contributed by atoms with Crippen LogP contribution in [-0.2, 0) is 20.1 Å². The van der Waals surface area contributed by atoms with Crippen LogP contribution in [0.1, 0.15) is 19.2 Å². The van der Waals surface area contributed by atoms with Gasteiger partial charge in [-0.05, 0) is 11.6 Å². The van der Waals surface area contributed by atoms with Crippen molar-refractivity contribution in [2.45, 2.75) is 26.4 Å². The highest BCUT2D eigenvalue weighted by Crippen LogP contribution is 1.88. The average molecular weight is 250 g/mol. The molecule has 2 aromatic rings. The summed E-state index contributed by atoms with van der Waals surface area (Å²) in [5.74, 6) is 0.339. The van der Waals surface area contributed by atoms with Crippen molar-refractivity contribution in [3.05, 3.63) is 38.9 Å². The second-order valence-electron chi connectivity index (χ2n) is 3.91. The van der Waals surface area contributed by atoms with E-state index in [1.54, 1.807) is 7.05 Å². The Morgan fingerprint density at radius 1 is 1.33 bits per heavy atom. The Morgan fingerprint density at radius 3 is 2.72 bits per heavy atom. The summed E-state index contributed by atoms with van der Waals surface area (Å²) in [5, 5.41) is 11.4. The van der Waals surface area contributed by atoms with Crippen LogP contribution in [0.3, 0.4) is 0 Å². The smallest absolute Gasteiger partial charge is 0.300 e. The molecule has 0 spiro atoms. The van der Waals surface area contributed by atoms with Gasteiger partial charge in [0.25, 0.3) is 5.56 Å². The Bertz CT molecular complexity index is 653. The van der Waals surface area contributed by atoms with Gasteiger partial charge in [-0.1, -0.05) is 6.92 Å². The summed E-state index contributed by atoms with van der Waals surface area (Å²) in [7, 11) is 1.62. The van der Waals surface area contributed by atoms with E-state index in [-0.39, 0.29) is 17.8 Å². The van der Waals surface area contributed by atoms with Crippen molar-refractivity contribution in [2.24, 2.45) is 7.05 Å². The minimum Gasteiger partial charge on any atom is -0.300 e. The highest BCUT2D eigenvalue weighted by Gasteiger charge is 2.08. The molecule has 96 valence electrons. The maximum Gasteiger partial charge on any atom is 0.331 e. The number of hydrogen-bond donors (Lipinski definition) is 0. The molecule has 0 aliphatic carbocycles. The summed E-state index contributed by atoms with van der Waals surface area (Å²) in [6, 6.07) is 1.37. The summed E-state index contributed by atoms with van der Waals surface area (Å²) in [4.78, 5) is 25.0. The van der Waals surface area contributed by atoms with Crippen molar-refractivity contribution >= 4 is 0 Å². The van der Waals surface area contributed by atoms with E-state index in [4.69, 9.17) is 0 Å². The lowest BCUT2D eigenvalue weighted by Crippen LogP contribution is -2.39. The van der Waals surface area contributed by atoms with E-state index in [0.717, 1.165) is 11.0 Å². The summed E-state index contributed by atoms with van der Waals surface area (Å²) >= 11 is 0. The minimum absolute atomic E-state index is 0.0378. The fourth-order valence-corrected chi connectivity index (χ4v) is 1.64. The molecule has 8 heteroatoms. The number of hydrogen-bond acceptors (Lipinski definition) is 5. The number of aryl methyl sites for hydroxylation is 2. The third-order valence-electron chi connectivity index (χ3n) is 2.45. The van der Waals surface area contributed by atoms with Gasteiger partial charge in [0.05, 0.1) is 13.6 Å². The van der Waals surface area contributed by atoms with Gasteiger partial charge in [-0.15, -0.1) is 10.2 Å². The largest absolute Gasteiger partial charge is 0.331 e. The molecule has 2 heterocycles. The predicted molar refractivity (Wildman–Crippen MR) is 63.2 cm³/mol. The van der Waals surface area contributed by atoms with Crippen LogP contribution in [0.2, 0.25) is 0 Å². The van der Waals surface area contributed by atoms with Crippen LogP contribution in [0.5, 0.6) is 0 Å². The van der Waals surface area contributed by atoms with Crippen LogP contribution in [-0.4, -0.2) is 29.3 Å². The molecule has 0 aliphatic rings. The van der Waals surface area contributed by atoms with Gasteiger partial charge >= 0.3 is 5.69 Å². The predicted octanol–water partition coefficient (Wildman–Crippen LogP) is -1.01. The van der Waals surface area contributed by atoms with Crippen molar-refractivity contribution in [1.82, 2.24) is 29.3 Å². The van der Waals surface area contributed by atoms with Crippen LogP contribution in [0, 0.1) is 0 Å². The Hall–Kier alpha value is -2.25. The van der Waals surface area contributed by atoms with Crippen molar-refractivity contribution in [3.8, 4) is 0 Å². The van der Waals surface area contributed by atoms with Crippen molar-refractivity contribution in [1.29, 1.82) is 0 Å². The maximum atomic E-state index is 12.0. The summed E-state index contributed by atoms with van der Waals surface area (Å²) in [5.41, 5.74) is -0.711. The van der Waals surface area contributed by atoms with Crippen LogP contribution in [0.15, 0.2) is 21.9 Å². The van der Waals surface area contributed by atoms with E-state index in [9.17, 15) is 9.59 Å². The van der Waals surface area contributed by atoms with E-state index in [0.29, 0.717) is 12.4 Å². The Balaban J connectivity index is 2.40. The number of aromatic nitrogens is 6. The molecule has 2 aromatic heterocycles. The third kappa shape index (κ3) is 2.36. The molecule has 0 saturated heterocycles. The number of tetrazole rings is 1. The van der Waals surface area contributed by atoms with Crippen LogP contribution in [0.25, 0.3) is 0 Å². The molecule has 8 nitrogen and oxygen atoms in total. The number of rotatable bonds is 4. The normalized spacial score (nSPS) is 10.8. The molecule has 0 aromatic carbocycles. The second-order valence-corrected chi connectivity index (χ2v) is 3.91. The van der Waals surface area contributed by atoms with Gasteiger partial charge in [0.15, 0.2) is 5.82 Å². The lowest BCUT2D eigenvalue weighted by atomic mass is 10.4. The number of nitrogens with zero attached hydrogens (tertiary/aromatic N) is 6. The quantitative estimate of drug-likeness (QED) is 0.694. The molecule has 0 bridgehead atoms. The molecule has 0 saturated carbocycles. The SMILES string of the molecule is CCCn1ccc(=O)n(Cc2nnn(C)n2)c1=O. The summed E-state index contributed by atoms with van der Waals surface area (Å²) < 4.78 is 2.60. The lowest BCUT2D eigenvalue weighted by molar-refractivity contribution is 0.560.